The quantitative estimate of drug-likeness (QED) is 0.232. The van der Waals surface area contributed by atoms with E-state index < -0.39 is 99.9 Å². The Hall–Kier alpha value is -2.83. The van der Waals surface area contributed by atoms with Gasteiger partial charge in [0.2, 0.25) is 5.78 Å². The highest BCUT2D eigenvalue weighted by Crippen LogP contribution is 2.69. The number of rotatable bonds is 3. The van der Waals surface area contributed by atoms with Crippen LogP contribution in [0.3, 0.4) is 0 Å². The van der Waals surface area contributed by atoms with E-state index in [1.54, 1.807) is 0 Å². The van der Waals surface area contributed by atoms with Crippen molar-refractivity contribution in [2.75, 3.05) is 0 Å². The van der Waals surface area contributed by atoms with Crippen LogP contribution in [0.4, 0.5) is 79.0 Å². The Balaban J connectivity index is 2.85. The van der Waals surface area contributed by atoms with Gasteiger partial charge in [0.15, 0.2) is 0 Å². The summed E-state index contributed by atoms with van der Waals surface area (Å²) in [6.45, 7) is 0. The van der Waals surface area contributed by atoms with Gasteiger partial charge in [0.25, 0.3) is 0 Å². The fourth-order valence-electron chi connectivity index (χ4n) is 3.07. The van der Waals surface area contributed by atoms with E-state index in [0.29, 0.717) is 0 Å². The van der Waals surface area contributed by atoms with Crippen molar-refractivity contribution in [3.05, 3.63) is 40.7 Å². The maximum atomic E-state index is 14.6. The topological polar surface area (TPSA) is 37.3 Å². The van der Waals surface area contributed by atoms with Crippen molar-refractivity contribution in [3.63, 3.8) is 0 Å². The predicted octanol–water partition coefficient (Wildman–Crippen LogP) is 7.23. The predicted molar refractivity (Wildman–Crippen MR) is 80.6 cm³/mol. The number of halogens is 18. The molecule has 2 nitrogen and oxygen atoms in total. The molecule has 0 atom stereocenters. The minimum absolute atomic E-state index is 0.940. The summed E-state index contributed by atoms with van der Waals surface area (Å²) in [7, 11) is 0. The maximum Gasteiger partial charge on any atom is 0.419 e. The molecule has 0 bridgehead atoms. The van der Waals surface area contributed by atoms with Gasteiger partial charge in [-0.1, -0.05) is 0 Å². The first-order valence-corrected chi connectivity index (χ1v) is 8.56. The molecule has 1 aliphatic carbocycles. The van der Waals surface area contributed by atoms with Gasteiger partial charge in [0.05, 0.1) is 11.1 Å². The number of allylic oxidation sites excluding steroid dienone is 1. The van der Waals surface area contributed by atoms with Crippen LogP contribution < -0.4 is 0 Å². The number of hydrogen-bond donors (Lipinski definition) is 1. The molecule has 1 aromatic carbocycles. The minimum atomic E-state index is -7.78. The van der Waals surface area contributed by atoms with Crippen molar-refractivity contribution >= 4 is 11.5 Å². The second-order valence-electron chi connectivity index (χ2n) is 7.30. The van der Waals surface area contributed by atoms with Crippen molar-refractivity contribution in [3.8, 4) is 0 Å². The SMILES string of the molecule is O=C(/C=C(\O)c1cc(F)c(C(F)(F)F)cc1C(F)(F)F)C1(F)C(F)(F)C(F)(F)C(F)(F)C(F)(F)C1(F)F. The molecule has 0 amide bonds. The van der Waals surface area contributed by atoms with Gasteiger partial charge in [-0.25, -0.2) is 8.78 Å². The van der Waals surface area contributed by atoms with Crippen LogP contribution >= 0.6 is 0 Å². The zero-order chi connectivity index (χ0) is 29.6. The average Bonchev–Trinajstić information content (AvgIpc) is 2.69. The third kappa shape index (κ3) is 3.71. The van der Waals surface area contributed by atoms with Gasteiger partial charge in [-0.05, 0) is 12.1 Å². The lowest BCUT2D eigenvalue weighted by molar-refractivity contribution is -0.475. The molecular weight excluding hydrogens is 578 g/mol. The third-order valence-electron chi connectivity index (χ3n) is 5.04. The molecule has 210 valence electrons. The number of carbonyl (C=O) groups is 1. The average molecular weight is 582 g/mol. The molecule has 0 heterocycles. The van der Waals surface area contributed by atoms with Crippen molar-refractivity contribution in [1.29, 1.82) is 0 Å². The summed E-state index contributed by atoms with van der Waals surface area (Å²) in [5, 5.41) is 9.51. The molecule has 0 unspecified atom stereocenters. The van der Waals surface area contributed by atoms with E-state index in [1.165, 1.54) is 0 Å². The zero-order valence-corrected chi connectivity index (χ0v) is 16.4. The standard InChI is InChI=1S/C17H4F18O2/c18-7-1-4(5(11(20,21)22)2-6(7)12(23,24)25)8(36)3-9(37)10(19)13(26,27)15(30,31)17(34,35)16(32,33)14(10,28)29/h1-3,36H/b8-3-. The van der Waals surface area contributed by atoms with Gasteiger partial charge in [-0.15, -0.1) is 0 Å². The molecule has 0 radical (unpaired) electrons. The van der Waals surface area contributed by atoms with Crippen molar-refractivity contribution in [1.82, 2.24) is 0 Å². The lowest BCUT2D eigenvalue weighted by Gasteiger charge is -2.51. The molecule has 20 heteroatoms. The first-order valence-electron chi connectivity index (χ1n) is 8.56. The largest absolute Gasteiger partial charge is 0.507 e. The fourth-order valence-corrected chi connectivity index (χ4v) is 3.07. The van der Waals surface area contributed by atoms with E-state index in [-0.39, 0.29) is 0 Å². The summed E-state index contributed by atoms with van der Waals surface area (Å²) in [5.74, 6) is -48.5. The molecule has 0 saturated heterocycles. The number of benzene rings is 1. The van der Waals surface area contributed by atoms with E-state index in [0.717, 1.165) is 0 Å². The summed E-state index contributed by atoms with van der Waals surface area (Å²) in [6, 6.07) is -2.05. The highest BCUT2D eigenvalue weighted by atomic mass is 19.4. The monoisotopic (exact) mass is 582 g/mol. The van der Waals surface area contributed by atoms with Gasteiger partial charge in [-0.2, -0.15) is 70.2 Å². The Labute approximate surface area is 190 Å². The first-order chi connectivity index (χ1) is 16.0. The van der Waals surface area contributed by atoms with Crippen LogP contribution in [-0.2, 0) is 17.1 Å². The smallest absolute Gasteiger partial charge is 0.419 e. The van der Waals surface area contributed by atoms with E-state index in [1.807, 2.05) is 0 Å². The Bertz CT molecular complexity index is 1110. The summed E-state index contributed by atoms with van der Waals surface area (Å²) >= 11 is 0. The lowest BCUT2D eigenvalue weighted by atomic mass is 9.70. The second kappa shape index (κ2) is 7.84. The van der Waals surface area contributed by atoms with Crippen LogP contribution in [0.25, 0.3) is 5.76 Å². The molecular formula is C17H4F18O2. The number of ketones is 1. The molecule has 1 aromatic rings. The molecule has 1 N–H and O–H groups in total. The van der Waals surface area contributed by atoms with Crippen LogP contribution in [-0.4, -0.2) is 46.2 Å². The Morgan fingerprint density at radius 2 is 1.00 bits per heavy atom. The number of aliphatic hydroxyl groups is 1. The van der Waals surface area contributed by atoms with Crippen LogP contribution in [0, 0.1) is 5.82 Å². The molecule has 0 aromatic heterocycles. The van der Waals surface area contributed by atoms with E-state index in [4.69, 9.17) is 0 Å². The number of carbonyl (C=O) groups excluding carboxylic acids is 1. The number of aliphatic hydroxyl groups excluding tert-OH is 1. The molecule has 0 aliphatic heterocycles. The van der Waals surface area contributed by atoms with Crippen LogP contribution in [0.1, 0.15) is 16.7 Å². The minimum Gasteiger partial charge on any atom is -0.507 e. The van der Waals surface area contributed by atoms with Crippen LogP contribution in [0.15, 0.2) is 18.2 Å². The lowest BCUT2D eigenvalue weighted by Crippen LogP contribution is -2.85. The highest BCUT2D eigenvalue weighted by molar-refractivity contribution is 6.03. The fraction of sp³-hybridized carbons (Fsp3) is 0.471. The normalized spacial score (nSPS) is 24.0. The highest BCUT2D eigenvalue weighted by Gasteiger charge is 3.02. The van der Waals surface area contributed by atoms with E-state index >= 15 is 0 Å². The van der Waals surface area contributed by atoms with Gasteiger partial charge in [0.1, 0.15) is 11.6 Å². The van der Waals surface area contributed by atoms with Crippen LogP contribution in [0.2, 0.25) is 0 Å². The van der Waals surface area contributed by atoms with E-state index in [9.17, 15) is 88.9 Å². The van der Waals surface area contributed by atoms with Crippen molar-refractivity contribution < 1.29 is 88.9 Å². The molecule has 2 rings (SSSR count). The second-order valence-corrected chi connectivity index (χ2v) is 7.30. The zero-order valence-electron chi connectivity index (χ0n) is 16.4. The molecule has 37 heavy (non-hydrogen) atoms. The molecule has 1 aliphatic rings. The molecule has 1 saturated carbocycles. The van der Waals surface area contributed by atoms with E-state index in [2.05, 4.69) is 0 Å². The first kappa shape index (κ1) is 30.4. The number of alkyl halides is 17. The summed E-state index contributed by atoms with van der Waals surface area (Å²) in [6.07, 6.45) is -13.6. The van der Waals surface area contributed by atoms with Gasteiger partial charge in [-0.3, -0.25) is 4.79 Å². The Morgan fingerprint density at radius 3 is 1.35 bits per heavy atom. The third-order valence-corrected chi connectivity index (χ3v) is 5.04. The van der Waals surface area contributed by atoms with Crippen LogP contribution in [0.5, 0.6) is 0 Å². The van der Waals surface area contributed by atoms with Crippen molar-refractivity contribution in [2.24, 2.45) is 0 Å². The van der Waals surface area contributed by atoms with Gasteiger partial charge < -0.3 is 5.11 Å². The molecule has 0 spiro atoms. The summed E-state index contributed by atoms with van der Waals surface area (Å²) in [5.41, 5.74) is -15.3. The Kier molecular flexibility index (Phi) is 6.44. The summed E-state index contributed by atoms with van der Waals surface area (Å²) in [4.78, 5) is 11.8. The van der Waals surface area contributed by atoms with Crippen molar-refractivity contribution in [2.45, 2.75) is 47.6 Å². The summed E-state index contributed by atoms with van der Waals surface area (Å²) < 4.78 is 241. The van der Waals surface area contributed by atoms with Gasteiger partial charge in [0, 0.05) is 11.6 Å². The number of hydrogen-bond acceptors (Lipinski definition) is 2. The Morgan fingerprint density at radius 1 is 0.649 bits per heavy atom. The van der Waals surface area contributed by atoms with Gasteiger partial charge >= 0.3 is 47.6 Å². The maximum absolute atomic E-state index is 14.6. The molecule has 1 fully saturated rings.